The number of nitrogens with zero attached hydrogens (tertiary/aromatic N) is 1. The molecule has 3 rings (SSSR count). The molecule has 0 spiro atoms. The number of alkyl carbamates (subject to hydrolysis) is 1. The highest BCUT2D eigenvalue weighted by Gasteiger charge is 2.32. The number of carbonyl (C=O) groups excluding carboxylic acids is 2. The van der Waals surface area contributed by atoms with Gasteiger partial charge in [-0.05, 0) is 43.9 Å². The Morgan fingerprint density at radius 2 is 1.75 bits per heavy atom. The third-order valence-corrected chi connectivity index (χ3v) is 6.69. The van der Waals surface area contributed by atoms with Gasteiger partial charge in [0, 0.05) is 12.7 Å². The maximum absolute atomic E-state index is 13.0. The molecule has 1 saturated carbocycles. The van der Waals surface area contributed by atoms with Gasteiger partial charge in [0.1, 0.15) is 24.5 Å². The molecule has 2 aromatic carbocycles. The van der Waals surface area contributed by atoms with E-state index in [4.69, 9.17) is 14.3 Å². The lowest BCUT2D eigenvalue weighted by atomic mass is 9.96. The smallest absolute Gasteiger partial charge is 0.407 e. The van der Waals surface area contributed by atoms with Crippen molar-refractivity contribution in [3.8, 4) is 5.75 Å². The molecule has 0 bridgehead atoms. The van der Waals surface area contributed by atoms with Gasteiger partial charge in [0.2, 0.25) is 0 Å². The first-order valence-corrected chi connectivity index (χ1v) is 12.3. The van der Waals surface area contributed by atoms with Crippen LogP contribution >= 0.6 is 7.95 Å². The van der Waals surface area contributed by atoms with Crippen LogP contribution in [-0.4, -0.2) is 41.7 Å². The lowest BCUT2D eigenvalue weighted by Gasteiger charge is -2.30. The molecule has 0 saturated heterocycles. The summed E-state index contributed by atoms with van der Waals surface area (Å²) >= 11 is 0. The number of hydrogen-bond acceptors (Lipinski definition) is 6. The van der Waals surface area contributed by atoms with Crippen LogP contribution in [0.5, 0.6) is 5.75 Å². The molecule has 172 valence electrons. The van der Waals surface area contributed by atoms with E-state index < -0.39 is 26.1 Å². The molecule has 1 unspecified atom stereocenters. The van der Waals surface area contributed by atoms with Crippen LogP contribution < -0.4 is 10.2 Å². The normalized spacial score (nSPS) is 15.3. The lowest BCUT2D eigenvalue weighted by molar-refractivity contribution is -0.163. The zero-order valence-corrected chi connectivity index (χ0v) is 19.1. The zero-order chi connectivity index (χ0) is 22.8. The molecule has 2 aromatic rings. The topological polar surface area (TPSA) is 94.2 Å². The van der Waals surface area contributed by atoms with Gasteiger partial charge in [-0.15, -0.1) is 0 Å². The number of hydroxylamine groups is 1. The van der Waals surface area contributed by atoms with Crippen molar-refractivity contribution in [2.24, 2.45) is 0 Å². The minimum absolute atomic E-state index is 0.0769. The third-order valence-electron chi connectivity index (χ3n) is 5.04. The van der Waals surface area contributed by atoms with Crippen molar-refractivity contribution in [3.63, 3.8) is 0 Å². The Kier molecular flexibility index (Phi) is 9.13. The van der Waals surface area contributed by atoms with Crippen LogP contribution in [-0.2, 0) is 25.4 Å². The van der Waals surface area contributed by atoms with Crippen LogP contribution in [0, 0.1) is 0 Å². The quantitative estimate of drug-likeness (QED) is 0.306. The number of para-hydroxylation sites is 1. The molecule has 1 aliphatic rings. The maximum Gasteiger partial charge on any atom is 0.407 e. The van der Waals surface area contributed by atoms with Crippen LogP contribution in [0.3, 0.4) is 0 Å². The van der Waals surface area contributed by atoms with Crippen molar-refractivity contribution < 1.29 is 28.5 Å². The van der Waals surface area contributed by atoms with E-state index >= 15 is 0 Å². The highest BCUT2D eigenvalue weighted by molar-refractivity contribution is 7.41. The fraction of sp³-hybridized carbons (Fsp3) is 0.391. The first kappa shape index (κ1) is 23.8. The lowest BCUT2D eigenvalue weighted by Crippen LogP contribution is -2.41. The van der Waals surface area contributed by atoms with Crippen LogP contribution in [0.25, 0.3) is 0 Å². The van der Waals surface area contributed by atoms with Gasteiger partial charge in [-0.25, -0.2) is 4.79 Å². The summed E-state index contributed by atoms with van der Waals surface area (Å²) in [4.78, 5) is 31.4. The molecule has 1 amide bonds. The Morgan fingerprint density at radius 1 is 1.09 bits per heavy atom. The summed E-state index contributed by atoms with van der Waals surface area (Å²) in [5.74, 6) is -0.0106. The second kappa shape index (κ2) is 12.3. The van der Waals surface area contributed by atoms with Gasteiger partial charge in [-0.1, -0.05) is 53.4 Å². The average molecular weight is 460 g/mol. The zero-order valence-electron chi connectivity index (χ0n) is 18.1. The number of esters is 1. The SMILES string of the molecule is C[C@@H](C(=O)OC1CCC1)N(Oc1ccccc1)[PH](=O)CCNC(=O)OCc1ccccc1. The number of carbonyl (C=O) groups is 2. The Hall–Kier alpha value is -2.83. The van der Waals surface area contributed by atoms with Crippen molar-refractivity contribution in [1.29, 1.82) is 0 Å². The van der Waals surface area contributed by atoms with Gasteiger partial charge in [0.25, 0.3) is 0 Å². The molecular weight excluding hydrogens is 431 g/mol. The number of rotatable bonds is 11. The van der Waals surface area contributed by atoms with E-state index in [1.165, 1.54) is 4.83 Å². The standard InChI is InChI=1S/C23H29N2O6P/c1-18(22(26)30-20-13-8-14-20)25(31-21-11-6-3-7-12-21)32(28)16-15-24-23(27)29-17-19-9-4-2-5-10-19/h2-7,9-12,18,20,32H,8,13-17H2,1H3,(H,24,27)/t18-/m0/s1. The molecular formula is C23H29N2O6P. The van der Waals surface area contributed by atoms with E-state index in [1.54, 1.807) is 31.2 Å². The summed E-state index contributed by atoms with van der Waals surface area (Å²) in [5.41, 5.74) is 0.873. The molecule has 9 heteroatoms. The Balaban J connectivity index is 1.51. The summed E-state index contributed by atoms with van der Waals surface area (Å²) in [6, 6.07) is 17.3. The largest absolute Gasteiger partial charge is 0.461 e. The molecule has 8 nitrogen and oxygen atoms in total. The van der Waals surface area contributed by atoms with Gasteiger partial charge < -0.3 is 24.2 Å². The predicted molar refractivity (Wildman–Crippen MR) is 121 cm³/mol. The van der Waals surface area contributed by atoms with E-state index in [0.717, 1.165) is 24.8 Å². The molecule has 0 aromatic heterocycles. The second-order valence-corrected chi connectivity index (χ2v) is 9.26. The second-order valence-electron chi connectivity index (χ2n) is 7.53. The summed E-state index contributed by atoms with van der Waals surface area (Å²) in [6.45, 7) is 1.87. The number of amides is 1. The molecule has 32 heavy (non-hydrogen) atoms. The van der Waals surface area contributed by atoms with Crippen molar-refractivity contribution in [2.75, 3.05) is 12.7 Å². The van der Waals surface area contributed by atoms with E-state index in [2.05, 4.69) is 5.32 Å². The van der Waals surface area contributed by atoms with Crippen LogP contribution in [0.1, 0.15) is 31.7 Å². The van der Waals surface area contributed by atoms with E-state index in [9.17, 15) is 14.2 Å². The summed E-state index contributed by atoms with van der Waals surface area (Å²) in [7, 11) is -2.56. The fourth-order valence-corrected chi connectivity index (χ4v) is 4.25. The number of ether oxygens (including phenoxy) is 2. The molecule has 1 aliphatic carbocycles. The molecule has 0 radical (unpaired) electrons. The average Bonchev–Trinajstić information content (AvgIpc) is 2.79. The number of nitrogens with one attached hydrogen (secondary N) is 1. The van der Waals surface area contributed by atoms with Gasteiger partial charge in [-0.2, -0.15) is 0 Å². The van der Waals surface area contributed by atoms with E-state index in [0.29, 0.717) is 5.75 Å². The summed E-state index contributed by atoms with van der Waals surface area (Å²) < 4.78 is 23.6. The van der Waals surface area contributed by atoms with Crippen molar-refractivity contribution in [3.05, 3.63) is 66.2 Å². The molecule has 2 atom stereocenters. The third kappa shape index (κ3) is 7.39. The Bertz CT molecular complexity index is 892. The van der Waals surface area contributed by atoms with E-state index in [1.807, 2.05) is 36.4 Å². The molecule has 1 fully saturated rings. The minimum Gasteiger partial charge on any atom is -0.461 e. The first-order chi connectivity index (χ1) is 15.5. The fourth-order valence-electron chi connectivity index (χ4n) is 2.94. The van der Waals surface area contributed by atoms with Crippen molar-refractivity contribution >= 4 is 20.0 Å². The number of hydrogen-bond donors (Lipinski definition) is 1. The Labute approximate surface area is 188 Å². The van der Waals surface area contributed by atoms with Crippen molar-refractivity contribution in [2.45, 2.75) is 44.9 Å². The Morgan fingerprint density at radius 3 is 2.38 bits per heavy atom. The minimum atomic E-state index is -2.56. The van der Waals surface area contributed by atoms with Gasteiger partial charge in [0.05, 0.1) is 0 Å². The maximum atomic E-state index is 13.0. The monoisotopic (exact) mass is 460 g/mol. The van der Waals surface area contributed by atoms with Crippen LogP contribution in [0.15, 0.2) is 60.7 Å². The molecule has 0 heterocycles. The van der Waals surface area contributed by atoms with Crippen LogP contribution in [0.4, 0.5) is 4.79 Å². The van der Waals surface area contributed by atoms with Gasteiger partial charge >= 0.3 is 12.1 Å². The van der Waals surface area contributed by atoms with Gasteiger partial charge in [-0.3, -0.25) is 4.79 Å². The highest BCUT2D eigenvalue weighted by Crippen LogP contribution is 2.32. The summed E-state index contributed by atoms with van der Waals surface area (Å²) in [5, 5.41) is 2.59. The van der Waals surface area contributed by atoms with Crippen LogP contribution in [0.2, 0.25) is 0 Å². The molecule has 0 aliphatic heterocycles. The van der Waals surface area contributed by atoms with Gasteiger partial charge in [0.15, 0.2) is 7.95 Å². The predicted octanol–water partition coefficient (Wildman–Crippen LogP) is 4.17. The number of benzene rings is 2. The highest BCUT2D eigenvalue weighted by atomic mass is 31.1. The molecule has 1 N–H and O–H groups in total. The first-order valence-electron chi connectivity index (χ1n) is 10.7. The van der Waals surface area contributed by atoms with Crippen molar-refractivity contribution in [1.82, 2.24) is 10.2 Å². The summed E-state index contributed by atoms with van der Waals surface area (Å²) in [6.07, 6.45) is 2.17. The van der Waals surface area contributed by atoms with E-state index in [-0.39, 0.29) is 25.4 Å².